The van der Waals surface area contributed by atoms with E-state index in [0.29, 0.717) is 16.0 Å². The molecule has 0 aliphatic carbocycles. The number of non-ortho nitro benzene ring substituents is 1. The first kappa shape index (κ1) is 15.5. The van der Waals surface area contributed by atoms with E-state index in [4.69, 9.17) is 4.74 Å². The van der Waals surface area contributed by atoms with Gasteiger partial charge < -0.3 is 10.1 Å². The number of nitrogens with zero attached hydrogens (tertiary/aromatic N) is 1. The molecule has 0 aliphatic heterocycles. The van der Waals surface area contributed by atoms with Gasteiger partial charge in [-0.1, -0.05) is 28.1 Å². The second kappa shape index (κ2) is 6.69. The Labute approximate surface area is 131 Å². The Balaban J connectivity index is 2.28. The number of hydrogen-bond donors (Lipinski definition) is 1. The van der Waals surface area contributed by atoms with Gasteiger partial charge in [-0.05, 0) is 37.7 Å². The number of hydrogen-bond acceptors (Lipinski definition) is 4. The molecule has 21 heavy (non-hydrogen) atoms. The Hall–Kier alpha value is -1.92. The summed E-state index contributed by atoms with van der Waals surface area (Å²) in [6.07, 6.45) is 0. The maximum Gasteiger partial charge on any atom is 0.274 e. The third-order valence-electron chi connectivity index (χ3n) is 3.09. The lowest BCUT2D eigenvalue weighted by Gasteiger charge is -2.12. The van der Waals surface area contributed by atoms with E-state index in [0.717, 1.165) is 5.56 Å². The second-order valence-corrected chi connectivity index (χ2v) is 5.50. The van der Waals surface area contributed by atoms with Crippen LogP contribution in [0.2, 0.25) is 0 Å². The molecule has 6 heteroatoms. The Bertz CT molecular complexity index is 661. The molecule has 0 saturated carbocycles. The molecule has 0 saturated heterocycles. The summed E-state index contributed by atoms with van der Waals surface area (Å²) < 4.78 is 6.33. The lowest BCUT2D eigenvalue weighted by Crippen LogP contribution is -2.11. The third kappa shape index (κ3) is 4.03. The first-order chi connectivity index (χ1) is 9.99. The van der Waals surface area contributed by atoms with Crippen molar-refractivity contribution in [3.05, 3.63) is 62.6 Å². The minimum absolute atomic E-state index is 0.0147. The maximum absolute atomic E-state index is 10.9. The average Bonchev–Trinajstić information content (AvgIpc) is 2.46. The molecule has 1 unspecified atom stereocenters. The van der Waals surface area contributed by atoms with E-state index in [1.807, 2.05) is 38.2 Å². The number of ether oxygens (including phenoxy) is 1. The van der Waals surface area contributed by atoms with E-state index in [1.54, 1.807) is 6.07 Å². The molecule has 1 atom stereocenters. The van der Waals surface area contributed by atoms with E-state index in [-0.39, 0.29) is 11.7 Å². The molecule has 0 fully saturated rings. The van der Waals surface area contributed by atoms with Gasteiger partial charge in [0.2, 0.25) is 0 Å². The van der Waals surface area contributed by atoms with Crippen LogP contribution in [0, 0.1) is 10.1 Å². The fraction of sp³-hybridized carbons (Fsp3) is 0.200. The number of nitrogens with one attached hydrogen (secondary N) is 1. The molecular formula is C15H15BrN2O3. The standard InChI is InChI=1S/C15H15BrN2O3/c1-10(17-2)11-4-3-5-14(6-11)21-15-8-12(16)7-13(9-15)18(19)20/h3-10,17H,1-2H3. The minimum Gasteiger partial charge on any atom is -0.457 e. The molecule has 0 amide bonds. The van der Waals surface area contributed by atoms with E-state index < -0.39 is 4.92 Å². The molecule has 2 aromatic rings. The summed E-state index contributed by atoms with van der Waals surface area (Å²) in [7, 11) is 1.88. The quantitative estimate of drug-likeness (QED) is 0.639. The monoisotopic (exact) mass is 350 g/mol. The number of nitro groups is 1. The molecule has 0 heterocycles. The molecule has 0 aromatic heterocycles. The first-order valence-corrected chi connectivity index (χ1v) is 7.19. The molecule has 0 radical (unpaired) electrons. The van der Waals surface area contributed by atoms with Crippen LogP contribution in [-0.2, 0) is 0 Å². The van der Waals surface area contributed by atoms with Crippen molar-refractivity contribution in [3.8, 4) is 11.5 Å². The van der Waals surface area contributed by atoms with Crippen molar-refractivity contribution >= 4 is 21.6 Å². The molecule has 0 aliphatic rings. The van der Waals surface area contributed by atoms with Crippen LogP contribution in [0.1, 0.15) is 18.5 Å². The van der Waals surface area contributed by atoms with Gasteiger partial charge in [-0.2, -0.15) is 0 Å². The Kier molecular flexibility index (Phi) is 4.93. The summed E-state index contributed by atoms with van der Waals surface area (Å²) >= 11 is 3.25. The maximum atomic E-state index is 10.9. The highest BCUT2D eigenvalue weighted by molar-refractivity contribution is 9.10. The topological polar surface area (TPSA) is 64.4 Å². The predicted molar refractivity (Wildman–Crippen MR) is 84.8 cm³/mol. The molecular weight excluding hydrogens is 336 g/mol. The van der Waals surface area contributed by atoms with Crippen LogP contribution in [0.25, 0.3) is 0 Å². The molecule has 2 rings (SSSR count). The van der Waals surface area contributed by atoms with Gasteiger partial charge in [-0.15, -0.1) is 0 Å². The van der Waals surface area contributed by atoms with Crippen LogP contribution in [0.15, 0.2) is 46.9 Å². The molecule has 2 aromatic carbocycles. The Morgan fingerprint density at radius 2 is 2.00 bits per heavy atom. The van der Waals surface area contributed by atoms with Crippen molar-refractivity contribution in [2.45, 2.75) is 13.0 Å². The highest BCUT2D eigenvalue weighted by Crippen LogP contribution is 2.30. The fourth-order valence-corrected chi connectivity index (χ4v) is 2.32. The van der Waals surface area contributed by atoms with Gasteiger partial charge in [-0.25, -0.2) is 0 Å². The third-order valence-corrected chi connectivity index (χ3v) is 3.55. The molecule has 1 N–H and O–H groups in total. The van der Waals surface area contributed by atoms with E-state index >= 15 is 0 Å². The highest BCUT2D eigenvalue weighted by Gasteiger charge is 2.11. The van der Waals surface area contributed by atoms with Gasteiger partial charge >= 0.3 is 0 Å². The number of benzene rings is 2. The minimum atomic E-state index is -0.447. The van der Waals surface area contributed by atoms with Crippen molar-refractivity contribution in [1.82, 2.24) is 5.32 Å². The summed E-state index contributed by atoms with van der Waals surface area (Å²) in [4.78, 5) is 10.4. The van der Waals surface area contributed by atoms with Gasteiger partial charge in [0.15, 0.2) is 0 Å². The Morgan fingerprint density at radius 1 is 1.24 bits per heavy atom. The molecule has 5 nitrogen and oxygen atoms in total. The summed E-state index contributed by atoms with van der Waals surface area (Å²) in [6, 6.07) is 12.4. The number of nitro benzene ring substituents is 1. The second-order valence-electron chi connectivity index (χ2n) is 4.59. The zero-order valence-corrected chi connectivity index (χ0v) is 13.3. The average molecular weight is 351 g/mol. The van der Waals surface area contributed by atoms with E-state index in [1.165, 1.54) is 12.1 Å². The van der Waals surface area contributed by atoms with Crippen LogP contribution in [-0.4, -0.2) is 12.0 Å². The van der Waals surface area contributed by atoms with Crippen LogP contribution in [0.5, 0.6) is 11.5 Å². The smallest absolute Gasteiger partial charge is 0.274 e. The Morgan fingerprint density at radius 3 is 2.67 bits per heavy atom. The van der Waals surface area contributed by atoms with Gasteiger partial charge in [0, 0.05) is 16.6 Å². The van der Waals surface area contributed by atoms with Gasteiger partial charge in [0.05, 0.1) is 11.0 Å². The zero-order valence-electron chi connectivity index (χ0n) is 11.7. The van der Waals surface area contributed by atoms with E-state index in [9.17, 15) is 10.1 Å². The molecule has 0 bridgehead atoms. The predicted octanol–water partition coefficient (Wildman–Crippen LogP) is 4.43. The van der Waals surface area contributed by atoms with Gasteiger partial charge in [0.25, 0.3) is 5.69 Å². The van der Waals surface area contributed by atoms with Crippen LogP contribution >= 0.6 is 15.9 Å². The van der Waals surface area contributed by atoms with Gasteiger partial charge in [-0.3, -0.25) is 10.1 Å². The van der Waals surface area contributed by atoms with Crippen LogP contribution in [0.4, 0.5) is 5.69 Å². The lowest BCUT2D eigenvalue weighted by molar-refractivity contribution is -0.385. The summed E-state index contributed by atoms with van der Waals surface area (Å²) in [6.45, 7) is 2.04. The summed E-state index contributed by atoms with van der Waals surface area (Å²) in [5.74, 6) is 1.06. The van der Waals surface area contributed by atoms with Crippen molar-refractivity contribution in [2.75, 3.05) is 7.05 Å². The van der Waals surface area contributed by atoms with Crippen molar-refractivity contribution < 1.29 is 9.66 Å². The van der Waals surface area contributed by atoms with Gasteiger partial charge in [0.1, 0.15) is 11.5 Å². The largest absolute Gasteiger partial charge is 0.457 e. The fourth-order valence-electron chi connectivity index (χ4n) is 1.86. The van der Waals surface area contributed by atoms with Crippen molar-refractivity contribution in [2.24, 2.45) is 0 Å². The van der Waals surface area contributed by atoms with E-state index in [2.05, 4.69) is 21.2 Å². The zero-order chi connectivity index (χ0) is 15.4. The number of rotatable bonds is 5. The van der Waals surface area contributed by atoms with Crippen molar-refractivity contribution in [1.29, 1.82) is 0 Å². The van der Waals surface area contributed by atoms with Crippen molar-refractivity contribution in [3.63, 3.8) is 0 Å². The molecule has 110 valence electrons. The SMILES string of the molecule is CNC(C)c1cccc(Oc2cc(Br)cc([N+](=O)[O-])c2)c1. The summed E-state index contributed by atoms with van der Waals surface area (Å²) in [5, 5.41) is 14.0. The van der Waals surface area contributed by atoms with Crippen LogP contribution < -0.4 is 10.1 Å². The summed E-state index contributed by atoms with van der Waals surface area (Å²) in [5.41, 5.74) is 1.07. The normalized spacial score (nSPS) is 12.0. The highest BCUT2D eigenvalue weighted by atomic mass is 79.9. The van der Waals surface area contributed by atoms with Crippen LogP contribution in [0.3, 0.4) is 0 Å². The lowest BCUT2D eigenvalue weighted by atomic mass is 10.1. The first-order valence-electron chi connectivity index (χ1n) is 6.39. The number of halogens is 1. The molecule has 0 spiro atoms.